The van der Waals surface area contributed by atoms with Crippen LogP contribution in [0.5, 0.6) is 0 Å². The van der Waals surface area contributed by atoms with E-state index in [9.17, 15) is 10.1 Å². The second-order valence-electron chi connectivity index (χ2n) is 7.65. The van der Waals surface area contributed by atoms with Crippen molar-refractivity contribution < 1.29 is 4.79 Å². The average molecular weight is 397 g/mol. The summed E-state index contributed by atoms with van der Waals surface area (Å²) in [4.78, 5) is 17.0. The molecule has 0 unspecified atom stereocenters. The molecule has 2 fully saturated rings. The van der Waals surface area contributed by atoms with Crippen molar-refractivity contribution in [2.24, 2.45) is 0 Å². The Morgan fingerprint density at radius 1 is 1.36 bits per heavy atom. The SMILES string of the molecule is C[C@@H](Sc1nnc(-c2cccnc2)n1C1CC1)C(=O)NC1(C#N)CCCCC1. The number of pyridine rings is 1. The lowest BCUT2D eigenvalue weighted by Gasteiger charge is -2.32. The van der Waals surface area contributed by atoms with E-state index >= 15 is 0 Å². The van der Waals surface area contributed by atoms with E-state index in [-0.39, 0.29) is 11.2 Å². The number of rotatable bonds is 6. The maximum Gasteiger partial charge on any atom is 0.234 e. The van der Waals surface area contributed by atoms with Crippen LogP contribution < -0.4 is 5.32 Å². The number of nitrogens with one attached hydrogen (secondary N) is 1. The molecule has 0 saturated heterocycles. The van der Waals surface area contributed by atoms with Gasteiger partial charge >= 0.3 is 0 Å². The summed E-state index contributed by atoms with van der Waals surface area (Å²) in [6, 6.07) is 6.59. The fraction of sp³-hybridized carbons (Fsp3) is 0.550. The van der Waals surface area contributed by atoms with E-state index in [1.807, 2.05) is 19.1 Å². The molecule has 0 aromatic carbocycles. The minimum atomic E-state index is -0.713. The monoisotopic (exact) mass is 396 g/mol. The maximum atomic E-state index is 12.8. The molecule has 2 aliphatic rings. The third kappa shape index (κ3) is 3.90. The molecule has 7 nitrogen and oxygen atoms in total. The molecule has 146 valence electrons. The van der Waals surface area contributed by atoms with Crippen LogP contribution in [0.4, 0.5) is 0 Å². The van der Waals surface area contributed by atoms with Crippen molar-refractivity contribution in [1.82, 2.24) is 25.1 Å². The Labute approximate surface area is 168 Å². The van der Waals surface area contributed by atoms with Crippen molar-refractivity contribution in [2.45, 2.75) is 73.9 Å². The van der Waals surface area contributed by atoms with Crippen molar-refractivity contribution >= 4 is 17.7 Å². The lowest BCUT2D eigenvalue weighted by atomic mass is 9.83. The smallest absolute Gasteiger partial charge is 0.234 e. The Kier molecular flexibility index (Phi) is 5.36. The lowest BCUT2D eigenvalue weighted by molar-refractivity contribution is -0.121. The van der Waals surface area contributed by atoms with Crippen molar-refractivity contribution in [3.05, 3.63) is 24.5 Å². The first-order valence-corrected chi connectivity index (χ1v) is 10.7. The highest BCUT2D eigenvalue weighted by Crippen LogP contribution is 2.41. The maximum absolute atomic E-state index is 12.8. The first-order valence-electron chi connectivity index (χ1n) is 9.87. The molecule has 1 amide bonds. The van der Waals surface area contributed by atoms with Crippen LogP contribution in [-0.2, 0) is 4.79 Å². The molecular formula is C20H24N6OS. The number of hydrogen-bond acceptors (Lipinski definition) is 6. The molecule has 0 bridgehead atoms. The number of thioether (sulfide) groups is 1. The zero-order chi connectivity index (χ0) is 19.6. The topological polar surface area (TPSA) is 96.5 Å². The summed E-state index contributed by atoms with van der Waals surface area (Å²) < 4.78 is 2.13. The Morgan fingerprint density at radius 2 is 2.14 bits per heavy atom. The summed E-state index contributed by atoms with van der Waals surface area (Å²) in [5.74, 6) is 0.688. The predicted molar refractivity (Wildman–Crippen MR) is 106 cm³/mol. The zero-order valence-electron chi connectivity index (χ0n) is 16.0. The molecule has 8 heteroatoms. The highest BCUT2D eigenvalue weighted by atomic mass is 32.2. The standard InChI is InChI=1S/C20H24N6OS/c1-14(18(27)23-20(13-21)9-3-2-4-10-20)28-19-25-24-17(26(19)16-7-8-16)15-6-5-11-22-12-15/h5-6,11-12,14,16H,2-4,7-10H2,1H3,(H,23,27)/t14-/m1/s1. The van der Waals surface area contributed by atoms with E-state index < -0.39 is 5.54 Å². The van der Waals surface area contributed by atoms with Crippen molar-refractivity contribution in [3.8, 4) is 17.5 Å². The number of amides is 1. The molecule has 2 heterocycles. The summed E-state index contributed by atoms with van der Waals surface area (Å²) in [6.07, 6.45) is 10.3. The van der Waals surface area contributed by atoms with Crippen molar-refractivity contribution in [1.29, 1.82) is 5.26 Å². The summed E-state index contributed by atoms with van der Waals surface area (Å²) in [6.45, 7) is 1.86. The minimum Gasteiger partial charge on any atom is -0.337 e. The third-order valence-electron chi connectivity index (χ3n) is 5.43. The molecule has 0 radical (unpaired) electrons. The largest absolute Gasteiger partial charge is 0.337 e. The van der Waals surface area contributed by atoms with E-state index in [2.05, 4.69) is 31.1 Å². The first-order chi connectivity index (χ1) is 13.6. The molecular weight excluding hydrogens is 372 g/mol. The molecule has 2 aromatic heterocycles. The molecule has 1 atom stereocenters. The van der Waals surface area contributed by atoms with Gasteiger partial charge in [-0.25, -0.2) is 0 Å². The van der Waals surface area contributed by atoms with Gasteiger partial charge in [0.25, 0.3) is 0 Å². The van der Waals surface area contributed by atoms with Crippen molar-refractivity contribution in [3.63, 3.8) is 0 Å². The first kappa shape index (κ1) is 18.9. The highest BCUT2D eigenvalue weighted by molar-refractivity contribution is 8.00. The minimum absolute atomic E-state index is 0.110. The lowest BCUT2D eigenvalue weighted by Crippen LogP contribution is -2.51. The summed E-state index contributed by atoms with van der Waals surface area (Å²) in [5, 5.41) is 21.8. The van der Waals surface area contributed by atoms with Crippen LogP contribution in [0.25, 0.3) is 11.4 Å². The van der Waals surface area contributed by atoms with Gasteiger partial charge in [-0.3, -0.25) is 14.3 Å². The van der Waals surface area contributed by atoms with Crippen LogP contribution >= 0.6 is 11.8 Å². The molecule has 28 heavy (non-hydrogen) atoms. The Hall–Kier alpha value is -2.40. The molecule has 1 N–H and O–H groups in total. The normalized spacial score (nSPS) is 19.6. The van der Waals surface area contributed by atoms with Crippen LogP contribution in [0.15, 0.2) is 29.7 Å². The average Bonchev–Trinajstić information content (AvgIpc) is 3.49. The second-order valence-corrected chi connectivity index (χ2v) is 8.96. The van der Waals surface area contributed by atoms with E-state index in [1.54, 1.807) is 12.4 Å². The van der Waals surface area contributed by atoms with Crippen molar-refractivity contribution in [2.75, 3.05) is 0 Å². The molecule has 2 saturated carbocycles. The molecule has 2 aliphatic carbocycles. The molecule has 2 aromatic rings. The van der Waals surface area contributed by atoms with Gasteiger partial charge in [-0.15, -0.1) is 10.2 Å². The Bertz CT molecular complexity index is 880. The zero-order valence-corrected chi connectivity index (χ0v) is 16.8. The number of nitrogens with zero attached hydrogens (tertiary/aromatic N) is 5. The number of carbonyl (C=O) groups is 1. The molecule has 0 spiro atoms. The van der Waals surface area contributed by atoms with Gasteiger partial charge in [0, 0.05) is 24.0 Å². The molecule has 0 aliphatic heterocycles. The van der Waals surface area contributed by atoms with Gasteiger partial charge in [0.1, 0.15) is 5.54 Å². The van der Waals surface area contributed by atoms with E-state index in [1.165, 1.54) is 11.8 Å². The fourth-order valence-corrected chi connectivity index (χ4v) is 4.60. The predicted octanol–water partition coefficient (Wildman–Crippen LogP) is 3.50. The van der Waals surface area contributed by atoms with Gasteiger partial charge < -0.3 is 5.32 Å². The summed E-state index contributed by atoms with van der Waals surface area (Å²) in [7, 11) is 0. The highest BCUT2D eigenvalue weighted by Gasteiger charge is 2.36. The van der Waals surface area contributed by atoms with Crippen LogP contribution in [-0.4, -0.2) is 36.4 Å². The molecule has 4 rings (SSSR count). The van der Waals surface area contributed by atoms with Gasteiger partial charge in [-0.1, -0.05) is 31.0 Å². The van der Waals surface area contributed by atoms with E-state index in [0.29, 0.717) is 6.04 Å². The summed E-state index contributed by atoms with van der Waals surface area (Å²) in [5.41, 5.74) is 0.214. The van der Waals surface area contributed by atoms with Gasteiger partial charge in [-0.2, -0.15) is 5.26 Å². The van der Waals surface area contributed by atoms with E-state index in [4.69, 9.17) is 0 Å². The third-order valence-corrected chi connectivity index (χ3v) is 6.49. The van der Waals surface area contributed by atoms with Gasteiger partial charge in [0.2, 0.25) is 5.91 Å². The number of carbonyl (C=O) groups excluding carboxylic acids is 1. The van der Waals surface area contributed by atoms with Gasteiger partial charge in [0.15, 0.2) is 11.0 Å². The fourth-order valence-electron chi connectivity index (χ4n) is 3.68. The van der Waals surface area contributed by atoms with Crippen LogP contribution in [0, 0.1) is 11.3 Å². The number of aromatic nitrogens is 4. The van der Waals surface area contributed by atoms with Crippen LogP contribution in [0.2, 0.25) is 0 Å². The number of hydrogen-bond donors (Lipinski definition) is 1. The van der Waals surface area contributed by atoms with Crippen LogP contribution in [0.3, 0.4) is 0 Å². The number of nitriles is 1. The van der Waals surface area contributed by atoms with Crippen LogP contribution in [0.1, 0.15) is 57.9 Å². The summed E-state index contributed by atoms with van der Waals surface area (Å²) >= 11 is 1.41. The quantitative estimate of drug-likeness (QED) is 0.751. The Morgan fingerprint density at radius 3 is 2.79 bits per heavy atom. The van der Waals surface area contributed by atoms with Gasteiger partial charge in [0.05, 0.1) is 11.3 Å². The second kappa shape index (κ2) is 7.92. The van der Waals surface area contributed by atoms with Gasteiger partial charge in [-0.05, 0) is 44.7 Å². The van der Waals surface area contributed by atoms with E-state index in [0.717, 1.165) is 61.5 Å². The Balaban J connectivity index is 1.50.